The van der Waals surface area contributed by atoms with Crippen molar-refractivity contribution in [1.29, 1.82) is 0 Å². The van der Waals surface area contributed by atoms with Crippen molar-refractivity contribution in [2.75, 3.05) is 0 Å². The summed E-state index contributed by atoms with van der Waals surface area (Å²) in [5, 5.41) is 12.7. The maximum Gasteiger partial charge on any atom is 0.148 e. The number of phenols is 1. The van der Waals surface area contributed by atoms with E-state index in [4.69, 9.17) is 32.4 Å². The molecule has 0 radical (unpaired) electrons. The fraction of sp³-hybridized carbons (Fsp3) is 0.323. The number of aromatic hydroxyl groups is 1. The third-order valence-corrected chi connectivity index (χ3v) is 11.8. The predicted molar refractivity (Wildman–Crippen MR) is 280 cm³/mol. The van der Waals surface area contributed by atoms with Crippen molar-refractivity contribution in [2.45, 2.75) is 130 Å². The molecule has 0 unspecified atom stereocenters. The molecular formula is C62H68N3OPt-. The molecule has 0 aliphatic carbocycles. The van der Waals surface area contributed by atoms with Crippen molar-refractivity contribution in [1.82, 2.24) is 14.5 Å². The fourth-order valence-electron chi connectivity index (χ4n) is 8.03. The number of benzene rings is 6. The minimum atomic E-state index is -3.87. The Hall–Kier alpha value is -5.57. The van der Waals surface area contributed by atoms with Gasteiger partial charge in [-0.3, -0.25) is 9.55 Å². The molecule has 8 rings (SSSR count). The summed E-state index contributed by atoms with van der Waals surface area (Å²) in [5.74, 6) is 0.0938. The second-order valence-corrected chi connectivity index (χ2v) is 20.1. The molecule has 0 aliphatic rings. The minimum Gasteiger partial charge on any atom is -0.507 e. The molecule has 0 amide bonds. The molecule has 0 saturated carbocycles. The molecule has 5 heteroatoms. The number of nitrogens with zero attached hydrogens (tertiary/aromatic N) is 3. The van der Waals surface area contributed by atoms with E-state index >= 15 is 0 Å². The van der Waals surface area contributed by atoms with Gasteiger partial charge in [0.25, 0.3) is 0 Å². The Morgan fingerprint density at radius 1 is 0.537 bits per heavy atom. The molecular weight excluding hydrogens is 998 g/mol. The Bertz CT molecular complexity index is 3920. The van der Waals surface area contributed by atoms with E-state index < -0.39 is 109 Å². The predicted octanol–water partition coefficient (Wildman–Crippen LogP) is 16.7. The third-order valence-electron chi connectivity index (χ3n) is 11.8. The average molecular weight is 1090 g/mol. The van der Waals surface area contributed by atoms with Crippen molar-refractivity contribution in [3.05, 3.63) is 167 Å². The number of hydrogen-bond donors (Lipinski definition) is 1. The molecule has 0 fully saturated rings. The number of aromatic nitrogens is 3. The Labute approximate surface area is 446 Å². The van der Waals surface area contributed by atoms with E-state index in [1.54, 1.807) is 47.0 Å². The molecule has 0 aliphatic heterocycles. The summed E-state index contributed by atoms with van der Waals surface area (Å²) >= 11 is 0. The molecule has 0 bridgehead atoms. The van der Waals surface area contributed by atoms with Crippen molar-refractivity contribution >= 4 is 11.0 Å². The SMILES string of the molecule is [2H]c1c([2H])c(C(C([2H])([2H])[2H])(C([2H])([2H])[2H])C([2H])([2H])[2H])c([2H])c([2H])c1-c1ccnc(-c2[c-]c(-c3cccc4c3nc(-c3cc(C(C)(C)C)cc(C(C)(C)C)c3O)n4-c3ccc(C(C([2H])([2H])[2H])(C([2H])([2H])[2H])C([2H])([2H])[2H])cc3-c3ccccc3)cc(C(C)(C)C)c2)c1.[Pt]. The number of fused-ring (bicyclic) bond motifs is 1. The zero-order valence-corrected chi connectivity index (χ0v) is 41.3. The van der Waals surface area contributed by atoms with Crippen molar-refractivity contribution < 1.29 is 56.3 Å². The molecule has 4 nitrogen and oxygen atoms in total. The Kier molecular flexibility index (Phi) is 7.46. The van der Waals surface area contributed by atoms with Gasteiger partial charge in [-0.1, -0.05) is 199 Å². The first-order valence-electron chi connectivity index (χ1n) is 32.7. The molecule has 0 spiro atoms. The molecule has 2 heterocycles. The first-order chi connectivity index (χ1) is 40.0. The van der Waals surface area contributed by atoms with E-state index in [0.29, 0.717) is 50.1 Å². The van der Waals surface area contributed by atoms with Crippen LogP contribution in [0.3, 0.4) is 0 Å². The van der Waals surface area contributed by atoms with Gasteiger partial charge in [0.15, 0.2) is 0 Å². The van der Waals surface area contributed by atoms with Crippen LogP contribution < -0.4 is 0 Å². The normalized spacial score (nSPS) is 18.6. The van der Waals surface area contributed by atoms with Crippen molar-refractivity contribution in [3.63, 3.8) is 0 Å². The van der Waals surface area contributed by atoms with Gasteiger partial charge in [0.05, 0.1) is 27.8 Å². The number of phenolic OH excluding ortho intramolecular Hbond substituents is 1. The summed E-state index contributed by atoms with van der Waals surface area (Å²) in [4.78, 5) is 10.1. The van der Waals surface area contributed by atoms with E-state index in [9.17, 15) is 7.85 Å². The van der Waals surface area contributed by atoms with Crippen LogP contribution in [0.1, 0.15) is 161 Å². The largest absolute Gasteiger partial charge is 0.507 e. The minimum absolute atomic E-state index is 0. The van der Waals surface area contributed by atoms with E-state index in [2.05, 4.69) is 11.1 Å². The van der Waals surface area contributed by atoms with Crippen LogP contribution in [-0.2, 0) is 48.1 Å². The Morgan fingerprint density at radius 3 is 1.81 bits per heavy atom. The van der Waals surface area contributed by atoms with Crippen LogP contribution in [-0.4, -0.2) is 19.6 Å². The molecule has 1 N–H and O–H groups in total. The monoisotopic (exact) mass is 1090 g/mol. The summed E-state index contributed by atoms with van der Waals surface area (Å²) in [6, 6.07) is 27.7. The van der Waals surface area contributed by atoms with Gasteiger partial charge in [-0.05, 0) is 90.8 Å². The van der Waals surface area contributed by atoms with Crippen LogP contribution in [0.5, 0.6) is 5.75 Å². The molecule has 348 valence electrons. The van der Waals surface area contributed by atoms with Crippen LogP contribution in [0.25, 0.3) is 72.7 Å². The standard InChI is InChI=1S/C62H68N3O.Pt/c1-58(2,3)44-26-24-39(25-27-44)41-30-31-63-52(35-41)43-32-42(33-46(34-43)60(7,8)9)48-22-19-23-54-55(48)64-57(50-37-47(61(10,11)12)38-51(56(50)66)62(13,14)15)65(54)53-29-28-45(59(4,5)6)36-49(53)40-20-17-16-18-21-40;/h16-31,33-38,66H,1-15H3;/q-1;/i1D3,2D3,3D3,4D3,5D3,6D3,24D,25D,26D,27D;. The van der Waals surface area contributed by atoms with Gasteiger partial charge in [0.2, 0.25) is 0 Å². The maximum atomic E-state index is 12.7. The number of pyridine rings is 1. The van der Waals surface area contributed by atoms with Gasteiger partial charge in [0.1, 0.15) is 11.6 Å². The number of hydrogen-bond acceptors (Lipinski definition) is 3. The van der Waals surface area contributed by atoms with Gasteiger partial charge in [0, 0.05) is 68.8 Å². The van der Waals surface area contributed by atoms with Gasteiger partial charge >= 0.3 is 0 Å². The van der Waals surface area contributed by atoms with E-state index in [-0.39, 0.29) is 49.5 Å². The molecule has 0 atom stereocenters. The molecule has 2 aromatic heterocycles. The first kappa shape index (κ1) is 28.0. The van der Waals surface area contributed by atoms with Crippen LogP contribution in [0.2, 0.25) is 0 Å². The second-order valence-electron chi connectivity index (χ2n) is 20.1. The molecule has 67 heavy (non-hydrogen) atoms. The smallest absolute Gasteiger partial charge is 0.148 e. The molecule has 0 saturated heterocycles. The Balaban J connectivity index is 0.0000113. The van der Waals surface area contributed by atoms with Gasteiger partial charge in [-0.25, -0.2) is 4.98 Å². The van der Waals surface area contributed by atoms with E-state index in [0.717, 1.165) is 11.1 Å². The summed E-state index contributed by atoms with van der Waals surface area (Å²) < 4.78 is 190. The number of rotatable bonds is 6. The number of imidazole rings is 1. The van der Waals surface area contributed by atoms with Crippen molar-refractivity contribution in [3.8, 4) is 67.5 Å². The van der Waals surface area contributed by atoms with Gasteiger partial charge in [-0.2, -0.15) is 0 Å². The summed E-state index contributed by atoms with van der Waals surface area (Å²) in [5.41, 5.74) is -5.33. The van der Waals surface area contributed by atoms with Gasteiger partial charge in [-0.15, -0.1) is 29.3 Å². The second kappa shape index (κ2) is 17.8. The zero-order valence-electron chi connectivity index (χ0n) is 61.0. The summed E-state index contributed by atoms with van der Waals surface area (Å²) in [6.45, 7) is -4.48. The third kappa shape index (κ3) is 10.0. The van der Waals surface area contributed by atoms with Crippen LogP contribution >= 0.6 is 0 Å². The van der Waals surface area contributed by atoms with E-state index in [1.165, 1.54) is 36.5 Å². The van der Waals surface area contributed by atoms with Crippen molar-refractivity contribution in [2.24, 2.45) is 0 Å². The van der Waals surface area contributed by atoms with Crippen LogP contribution in [0, 0.1) is 6.07 Å². The molecule has 8 aromatic rings. The van der Waals surface area contributed by atoms with E-state index in [1.807, 2.05) is 92.6 Å². The molecule has 6 aromatic carbocycles. The average Bonchev–Trinajstić information content (AvgIpc) is 1.07. The number of para-hydroxylation sites is 1. The van der Waals surface area contributed by atoms with Crippen LogP contribution in [0.15, 0.2) is 133 Å². The Morgan fingerprint density at radius 2 is 1.16 bits per heavy atom. The zero-order chi connectivity index (χ0) is 66.2. The van der Waals surface area contributed by atoms with Crippen LogP contribution in [0.4, 0.5) is 0 Å². The maximum absolute atomic E-state index is 12.7. The summed E-state index contributed by atoms with van der Waals surface area (Å²) in [7, 11) is 0. The quantitative estimate of drug-likeness (QED) is 0.169. The topological polar surface area (TPSA) is 50.9 Å². The summed E-state index contributed by atoms with van der Waals surface area (Å²) in [6.07, 6.45) is 1.34. The fourth-order valence-corrected chi connectivity index (χ4v) is 8.03. The first-order valence-corrected chi connectivity index (χ1v) is 21.7. The van der Waals surface area contributed by atoms with Gasteiger partial charge < -0.3 is 5.11 Å².